The number of benzene rings is 2. The predicted molar refractivity (Wildman–Crippen MR) is 111 cm³/mol. The van der Waals surface area contributed by atoms with Gasteiger partial charge in [-0.15, -0.1) is 0 Å². The Labute approximate surface area is 150 Å². The molecule has 2 nitrogen and oxygen atoms in total. The highest BCUT2D eigenvalue weighted by Gasteiger charge is 2.06. The summed E-state index contributed by atoms with van der Waals surface area (Å²) in [5.74, 6) is 1.09. The minimum Gasteiger partial charge on any atom is -0.355 e. The lowest BCUT2D eigenvalue weighted by molar-refractivity contribution is 0.795. The molecular formula is C21H28N2S. The molecule has 0 radical (unpaired) electrons. The van der Waals surface area contributed by atoms with Crippen LogP contribution >= 0.6 is 11.9 Å². The Morgan fingerprint density at radius 1 is 1.00 bits per heavy atom. The van der Waals surface area contributed by atoms with Crippen molar-refractivity contribution >= 4 is 29.0 Å². The van der Waals surface area contributed by atoms with E-state index in [0.717, 1.165) is 41.2 Å². The zero-order chi connectivity index (χ0) is 17.2. The Bertz CT molecular complexity index is 635. The molecule has 3 heteroatoms. The van der Waals surface area contributed by atoms with Gasteiger partial charge < -0.3 is 10.0 Å². The van der Waals surface area contributed by atoms with E-state index in [4.69, 9.17) is 0 Å². The fraction of sp³-hybridized carbons (Fsp3) is 0.333. The Kier molecular flexibility index (Phi) is 7.76. The summed E-state index contributed by atoms with van der Waals surface area (Å²) in [5, 5.41) is 3.43. The third kappa shape index (κ3) is 5.64. The highest BCUT2D eigenvalue weighted by atomic mass is 32.2. The number of hydrogen-bond donors (Lipinski definition) is 2. The molecule has 0 amide bonds. The van der Waals surface area contributed by atoms with E-state index in [2.05, 4.69) is 66.9 Å². The van der Waals surface area contributed by atoms with Crippen LogP contribution in [-0.2, 0) is 6.42 Å². The quantitative estimate of drug-likeness (QED) is 0.377. The number of hydrogen-bond acceptors (Lipinski definition) is 3. The van der Waals surface area contributed by atoms with Gasteiger partial charge in [-0.25, -0.2) is 0 Å². The molecule has 0 atom stereocenters. The molecule has 0 aliphatic rings. The second-order valence-corrected chi connectivity index (χ2v) is 6.80. The molecule has 0 saturated heterocycles. The predicted octanol–water partition coefficient (Wildman–Crippen LogP) is 6.58. The number of para-hydroxylation sites is 1. The van der Waals surface area contributed by atoms with Gasteiger partial charge in [-0.1, -0.05) is 69.1 Å². The van der Waals surface area contributed by atoms with Gasteiger partial charge in [-0.2, -0.15) is 0 Å². The van der Waals surface area contributed by atoms with Crippen molar-refractivity contribution in [1.82, 2.24) is 0 Å². The minimum atomic E-state index is 0.913. The zero-order valence-electron chi connectivity index (χ0n) is 14.8. The van der Waals surface area contributed by atoms with Gasteiger partial charge in [0.1, 0.15) is 0 Å². The fourth-order valence-electron chi connectivity index (χ4n) is 2.44. The molecule has 2 rings (SSSR count). The number of rotatable bonds is 10. The molecule has 0 spiro atoms. The van der Waals surface area contributed by atoms with Crippen LogP contribution in [0.2, 0.25) is 0 Å². The monoisotopic (exact) mass is 340 g/mol. The van der Waals surface area contributed by atoms with Gasteiger partial charge in [0.05, 0.1) is 5.69 Å². The summed E-state index contributed by atoms with van der Waals surface area (Å²) in [4.78, 5) is 0. The standard InChI is InChI=1S/C21H28N2S/c1-4-6-9-18-12-14-19(15-13-18)22-17(3)20-10-7-8-11-21(20)23-24-16-5-2/h7-8,10-15,22-23H,3-6,9,16H2,1-2H3. The molecule has 0 fully saturated rings. The molecule has 128 valence electrons. The first-order chi connectivity index (χ1) is 11.7. The summed E-state index contributed by atoms with van der Waals surface area (Å²) in [6.07, 6.45) is 4.78. The summed E-state index contributed by atoms with van der Waals surface area (Å²) in [6, 6.07) is 17.0. The minimum absolute atomic E-state index is 0.913. The molecule has 0 aromatic heterocycles. The first kappa shape index (κ1) is 18.5. The van der Waals surface area contributed by atoms with Crippen molar-refractivity contribution in [2.45, 2.75) is 39.5 Å². The molecule has 2 N–H and O–H groups in total. The fourth-order valence-corrected chi connectivity index (χ4v) is 3.08. The molecule has 0 bridgehead atoms. The summed E-state index contributed by atoms with van der Waals surface area (Å²) in [5.41, 5.74) is 5.60. The molecule has 24 heavy (non-hydrogen) atoms. The largest absolute Gasteiger partial charge is 0.355 e. The van der Waals surface area contributed by atoms with Gasteiger partial charge >= 0.3 is 0 Å². The van der Waals surface area contributed by atoms with E-state index in [9.17, 15) is 0 Å². The molecule has 2 aromatic carbocycles. The maximum atomic E-state index is 4.22. The Balaban J connectivity index is 2.01. The first-order valence-corrected chi connectivity index (χ1v) is 9.75. The van der Waals surface area contributed by atoms with E-state index in [1.54, 1.807) is 11.9 Å². The van der Waals surface area contributed by atoms with Gasteiger partial charge in [0.2, 0.25) is 0 Å². The molecule has 0 unspecified atom stereocenters. The van der Waals surface area contributed by atoms with Gasteiger partial charge in [-0.05, 0) is 43.0 Å². The summed E-state index contributed by atoms with van der Waals surface area (Å²) in [6.45, 7) is 8.63. The third-order valence-corrected chi connectivity index (χ3v) is 4.79. The Morgan fingerprint density at radius 2 is 1.75 bits per heavy atom. The van der Waals surface area contributed by atoms with Crippen LogP contribution in [-0.4, -0.2) is 5.75 Å². The van der Waals surface area contributed by atoms with Crippen molar-refractivity contribution in [3.63, 3.8) is 0 Å². The second kappa shape index (κ2) is 10.1. The third-order valence-electron chi connectivity index (χ3n) is 3.81. The molecule has 2 aromatic rings. The van der Waals surface area contributed by atoms with E-state index in [1.807, 2.05) is 12.1 Å². The lowest BCUT2D eigenvalue weighted by atomic mass is 10.1. The van der Waals surface area contributed by atoms with Crippen LogP contribution in [0.3, 0.4) is 0 Å². The number of nitrogens with one attached hydrogen (secondary N) is 2. The number of unbranched alkanes of at least 4 members (excludes halogenated alkanes) is 1. The molecule has 0 saturated carbocycles. The Morgan fingerprint density at radius 3 is 2.46 bits per heavy atom. The maximum absolute atomic E-state index is 4.22. The molecule has 0 heterocycles. The molecule has 0 aliphatic carbocycles. The zero-order valence-corrected chi connectivity index (χ0v) is 15.6. The molecule has 0 aliphatic heterocycles. The summed E-state index contributed by atoms with van der Waals surface area (Å²) in [7, 11) is 0. The average molecular weight is 341 g/mol. The van der Waals surface area contributed by atoms with Crippen LogP contribution in [0.4, 0.5) is 11.4 Å². The lowest BCUT2D eigenvalue weighted by Crippen LogP contribution is -2.01. The van der Waals surface area contributed by atoms with Crippen LogP contribution < -0.4 is 10.0 Å². The SMILES string of the molecule is C=C(Nc1ccc(CCCC)cc1)c1ccccc1NSCCC. The van der Waals surface area contributed by atoms with Crippen LogP contribution in [0, 0.1) is 0 Å². The van der Waals surface area contributed by atoms with Gasteiger partial charge in [-0.3, -0.25) is 0 Å². The lowest BCUT2D eigenvalue weighted by Gasteiger charge is -2.15. The van der Waals surface area contributed by atoms with Gasteiger partial charge in [0.25, 0.3) is 0 Å². The van der Waals surface area contributed by atoms with Gasteiger partial charge in [0.15, 0.2) is 0 Å². The van der Waals surface area contributed by atoms with E-state index < -0.39 is 0 Å². The van der Waals surface area contributed by atoms with Crippen LogP contribution in [0.25, 0.3) is 5.70 Å². The first-order valence-electron chi connectivity index (χ1n) is 8.76. The van der Waals surface area contributed by atoms with Gasteiger partial charge in [0, 0.05) is 22.7 Å². The summed E-state index contributed by atoms with van der Waals surface area (Å²) < 4.78 is 3.43. The summed E-state index contributed by atoms with van der Waals surface area (Å²) >= 11 is 1.73. The van der Waals surface area contributed by atoms with E-state index in [0.29, 0.717) is 0 Å². The van der Waals surface area contributed by atoms with Crippen LogP contribution in [0.1, 0.15) is 44.2 Å². The topological polar surface area (TPSA) is 24.1 Å². The van der Waals surface area contributed by atoms with Crippen molar-refractivity contribution in [3.8, 4) is 0 Å². The molecular weight excluding hydrogens is 312 g/mol. The number of aryl methyl sites for hydroxylation is 1. The highest BCUT2D eigenvalue weighted by Crippen LogP contribution is 2.26. The number of anilines is 2. The van der Waals surface area contributed by atoms with Crippen molar-refractivity contribution in [1.29, 1.82) is 0 Å². The second-order valence-electron chi connectivity index (χ2n) is 5.90. The van der Waals surface area contributed by atoms with Crippen molar-refractivity contribution in [3.05, 3.63) is 66.2 Å². The normalized spacial score (nSPS) is 10.4. The smallest absolute Gasteiger partial charge is 0.0533 e. The average Bonchev–Trinajstić information content (AvgIpc) is 2.62. The van der Waals surface area contributed by atoms with E-state index in [1.165, 1.54) is 18.4 Å². The van der Waals surface area contributed by atoms with Crippen molar-refractivity contribution in [2.75, 3.05) is 15.8 Å². The van der Waals surface area contributed by atoms with E-state index >= 15 is 0 Å². The van der Waals surface area contributed by atoms with Crippen molar-refractivity contribution < 1.29 is 0 Å². The highest BCUT2D eigenvalue weighted by molar-refractivity contribution is 8.00. The van der Waals surface area contributed by atoms with Crippen molar-refractivity contribution in [2.24, 2.45) is 0 Å². The maximum Gasteiger partial charge on any atom is 0.0533 e. The Hall–Kier alpha value is -1.87. The van der Waals surface area contributed by atoms with E-state index in [-0.39, 0.29) is 0 Å². The van der Waals surface area contributed by atoms with Crippen LogP contribution in [0.5, 0.6) is 0 Å². The van der Waals surface area contributed by atoms with Crippen LogP contribution in [0.15, 0.2) is 55.1 Å².